The van der Waals surface area contributed by atoms with Crippen LogP contribution in [0.2, 0.25) is 0 Å². The molecule has 0 aliphatic heterocycles. The average Bonchev–Trinajstić information content (AvgIpc) is 2.70. The maximum Gasteiger partial charge on any atom is 0.227 e. The van der Waals surface area contributed by atoms with Crippen LogP contribution in [0.25, 0.3) is 0 Å². The van der Waals surface area contributed by atoms with Gasteiger partial charge >= 0.3 is 0 Å². The molecular formula is C16H23NO2. The van der Waals surface area contributed by atoms with Crippen molar-refractivity contribution >= 4 is 11.6 Å². The summed E-state index contributed by atoms with van der Waals surface area (Å²) in [5.41, 5.74) is 2.71. The SMILES string of the molecule is Cc1ccc(CO)cc1NC(=O)C1CCCCCC1. The second-order valence-corrected chi connectivity index (χ2v) is 5.49. The van der Waals surface area contributed by atoms with Crippen LogP contribution in [-0.4, -0.2) is 11.0 Å². The third-order valence-corrected chi connectivity index (χ3v) is 3.97. The Hall–Kier alpha value is -1.35. The van der Waals surface area contributed by atoms with Gasteiger partial charge in [-0.05, 0) is 37.0 Å². The number of carbonyl (C=O) groups excluding carboxylic acids is 1. The van der Waals surface area contributed by atoms with Gasteiger partial charge in [0.25, 0.3) is 0 Å². The molecule has 1 aliphatic carbocycles. The molecule has 1 aliphatic rings. The Morgan fingerprint density at radius 2 is 1.95 bits per heavy atom. The van der Waals surface area contributed by atoms with E-state index in [0.717, 1.165) is 42.5 Å². The first kappa shape index (κ1) is 14.1. The fourth-order valence-corrected chi connectivity index (χ4v) is 2.68. The fraction of sp³-hybridized carbons (Fsp3) is 0.562. The molecule has 0 atom stereocenters. The predicted octanol–water partition coefficient (Wildman–Crippen LogP) is 3.40. The van der Waals surface area contributed by atoms with Crippen LogP contribution in [0.5, 0.6) is 0 Å². The first-order valence-electron chi connectivity index (χ1n) is 7.22. The summed E-state index contributed by atoms with van der Waals surface area (Å²) in [6, 6.07) is 5.69. The standard InChI is InChI=1S/C16H23NO2/c1-12-8-9-13(11-18)10-15(12)17-16(19)14-6-4-2-3-5-7-14/h8-10,14,18H,2-7,11H2,1H3,(H,17,19). The summed E-state index contributed by atoms with van der Waals surface area (Å²) in [7, 11) is 0. The summed E-state index contributed by atoms with van der Waals surface area (Å²) in [6.07, 6.45) is 6.84. The molecular weight excluding hydrogens is 238 g/mol. The molecule has 1 saturated carbocycles. The van der Waals surface area contributed by atoms with Gasteiger partial charge in [-0.2, -0.15) is 0 Å². The van der Waals surface area contributed by atoms with Crippen molar-refractivity contribution < 1.29 is 9.90 Å². The predicted molar refractivity (Wildman–Crippen MR) is 76.9 cm³/mol. The van der Waals surface area contributed by atoms with Crippen LogP contribution in [-0.2, 0) is 11.4 Å². The molecule has 3 heteroatoms. The molecule has 3 nitrogen and oxygen atoms in total. The Kier molecular flexibility index (Phi) is 4.97. The minimum atomic E-state index is 0.00653. The molecule has 1 amide bonds. The highest BCUT2D eigenvalue weighted by molar-refractivity contribution is 5.93. The minimum absolute atomic E-state index is 0.00653. The zero-order chi connectivity index (χ0) is 13.7. The molecule has 1 aromatic carbocycles. The molecule has 0 saturated heterocycles. The number of amides is 1. The highest BCUT2D eigenvalue weighted by atomic mass is 16.3. The number of anilines is 1. The van der Waals surface area contributed by atoms with E-state index in [4.69, 9.17) is 5.11 Å². The summed E-state index contributed by atoms with van der Waals surface area (Å²) in [6.45, 7) is 1.98. The molecule has 104 valence electrons. The molecule has 1 fully saturated rings. The molecule has 0 radical (unpaired) electrons. The molecule has 19 heavy (non-hydrogen) atoms. The maximum absolute atomic E-state index is 12.3. The highest BCUT2D eigenvalue weighted by Crippen LogP contribution is 2.25. The van der Waals surface area contributed by atoms with Gasteiger partial charge in [0.05, 0.1) is 6.61 Å². The Morgan fingerprint density at radius 3 is 2.58 bits per heavy atom. The summed E-state index contributed by atoms with van der Waals surface area (Å²) in [4.78, 5) is 12.3. The van der Waals surface area contributed by atoms with Crippen molar-refractivity contribution in [3.05, 3.63) is 29.3 Å². The maximum atomic E-state index is 12.3. The van der Waals surface area contributed by atoms with Gasteiger partial charge in [-0.25, -0.2) is 0 Å². The number of hydrogen-bond acceptors (Lipinski definition) is 2. The zero-order valence-electron chi connectivity index (χ0n) is 11.6. The molecule has 0 spiro atoms. The van der Waals surface area contributed by atoms with E-state index in [2.05, 4.69) is 5.32 Å². The smallest absolute Gasteiger partial charge is 0.227 e. The van der Waals surface area contributed by atoms with Crippen molar-refractivity contribution in [2.45, 2.75) is 52.1 Å². The summed E-state index contributed by atoms with van der Waals surface area (Å²) < 4.78 is 0. The lowest BCUT2D eigenvalue weighted by Gasteiger charge is -2.16. The Bertz CT molecular complexity index is 434. The number of nitrogens with one attached hydrogen (secondary N) is 1. The Balaban J connectivity index is 2.05. The zero-order valence-corrected chi connectivity index (χ0v) is 11.6. The number of hydrogen-bond donors (Lipinski definition) is 2. The molecule has 1 aromatic rings. The van der Waals surface area contributed by atoms with Crippen LogP contribution in [0.3, 0.4) is 0 Å². The van der Waals surface area contributed by atoms with Gasteiger partial charge in [0.15, 0.2) is 0 Å². The highest BCUT2D eigenvalue weighted by Gasteiger charge is 2.20. The van der Waals surface area contributed by atoms with Crippen molar-refractivity contribution in [3.8, 4) is 0 Å². The monoisotopic (exact) mass is 261 g/mol. The minimum Gasteiger partial charge on any atom is -0.392 e. The van der Waals surface area contributed by atoms with E-state index >= 15 is 0 Å². The number of rotatable bonds is 3. The number of aryl methyl sites for hydroxylation is 1. The van der Waals surface area contributed by atoms with Crippen molar-refractivity contribution in [1.82, 2.24) is 0 Å². The van der Waals surface area contributed by atoms with Gasteiger partial charge in [-0.3, -0.25) is 4.79 Å². The van der Waals surface area contributed by atoms with Crippen LogP contribution in [0.15, 0.2) is 18.2 Å². The van der Waals surface area contributed by atoms with Gasteiger partial charge in [-0.1, -0.05) is 37.8 Å². The van der Waals surface area contributed by atoms with Crippen LogP contribution in [0, 0.1) is 12.8 Å². The van der Waals surface area contributed by atoms with Crippen LogP contribution in [0.4, 0.5) is 5.69 Å². The lowest BCUT2D eigenvalue weighted by molar-refractivity contribution is -0.120. The Morgan fingerprint density at radius 1 is 1.26 bits per heavy atom. The van der Waals surface area contributed by atoms with Crippen LogP contribution < -0.4 is 5.32 Å². The van der Waals surface area contributed by atoms with Crippen molar-refractivity contribution in [2.24, 2.45) is 5.92 Å². The lowest BCUT2D eigenvalue weighted by Crippen LogP contribution is -2.22. The van der Waals surface area contributed by atoms with Gasteiger partial charge in [0.1, 0.15) is 0 Å². The molecule has 0 bridgehead atoms. The summed E-state index contributed by atoms with van der Waals surface area (Å²) in [5.74, 6) is 0.291. The molecule has 2 N–H and O–H groups in total. The van der Waals surface area contributed by atoms with Crippen molar-refractivity contribution in [2.75, 3.05) is 5.32 Å². The second kappa shape index (κ2) is 6.71. The lowest BCUT2D eigenvalue weighted by atomic mass is 9.99. The van der Waals surface area contributed by atoms with E-state index in [0.29, 0.717) is 0 Å². The number of aliphatic hydroxyl groups is 1. The van der Waals surface area contributed by atoms with Gasteiger partial charge in [0.2, 0.25) is 5.91 Å². The molecule has 0 heterocycles. The number of carbonyl (C=O) groups is 1. The summed E-state index contributed by atoms with van der Waals surface area (Å²) in [5, 5.41) is 12.2. The van der Waals surface area contributed by atoms with Gasteiger partial charge in [0, 0.05) is 11.6 Å². The fourth-order valence-electron chi connectivity index (χ4n) is 2.68. The number of benzene rings is 1. The Labute approximate surface area is 115 Å². The first-order valence-corrected chi connectivity index (χ1v) is 7.22. The first-order chi connectivity index (χ1) is 9.20. The summed E-state index contributed by atoms with van der Waals surface area (Å²) >= 11 is 0. The third kappa shape index (κ3) is 3.80. The van der Waals surface area contributed by atoms with Crippen molar-refractivity contribution in [1.29, 1.82) is 0 Å². The van der Waals surface area contributed by atoms with E-state index in [1.807, 2.05) is 25.1 Å². The van der Waals surface area contributed by atoms with E-state index in [-0.39, 0.29) is 18.4 Å². The third-order valence-electron chi connectivity index (χ3n) is 3.97. The molecule has 2 rings (SSSR count). The number of aliphatic hydroxyl groups excluding tert-OH is 1. The average molecular weight is 261 g/mol. The van der Waals surface area contributed by atoms with Gasteiger partial charge in [-0.15, -0.1) is 0 Å². The second-order valence-electron chi connectivity index (χ2n) is 5.49. The quantitative estimate of drug-likeness (QED) is 0.819. The van der Waals surface area contributed by atoms with Crippen LogP contribution >= 0.6 is 0 Å². The molecule has 0 unspecified atom stereocenters. The van der Waals surface area contributed by atoms with E-state index in [1.54, 1.807) is 0 Å². The van der Waals surface area contributed by atoms with E-state index in [1.165, 1.54) is 12.8 Å². The topological polar surface area (TPSA) is 49.3 Å². The normalized spacial score (nSPS) is 16.9. The van der Waals surface area contributed by atoms with Crippen molar-refractivity contribution in [3.63, 3.8) is 0 Å². The molecule has 0 aromatic heterocycles. The van der Waals surface area contributed by atoms with E-state index in [9.17, 15) is 4.79 Å². The van der Waals surface area contributed by atoms with Crippen LogP contribution in [0.1, 0.15) is 49.7 Å². The van der Waals surface area contributed by atoms with E-state index < -0.39 is 0 Å². The van der Waals surface area contributed by atoms with Gasteiger partial charge < -0.3 is 10.4 Å². The largest absolute Gasteiger partial charge is 0.392 e.